The van der Waals surface area contributed by atoms with E-state index in [1.807, 2.05) is 54.6 Å². The van der Waals surface area contributed by atoms with E-state index < -0.39 is 0 Å². The first-order valence-electron chi connectivity index (χ1n) is 9.48. The Kier molecular flexibility index (Phi) is 5.31. The van der Waals surface area contributed by atoms with Gasteiger partial charge in [-0.3, -0.25) is 0 Å². The fourth-order valence-electron chi connectivity index (χ4n) is 3.72. The molecule has 1 heteroatoms. The average molecular weight is 359 g/mol. The third-order valence-corrected chi connectivity index (χ3v) is 5.13. The topological polar surface area (TPSA) is 4.36 Å². The molecule has 0 aromatic heterocycles. The standard InChI is InChI=1S/C27H21N/c1-28-27(25-19-17-22(18-20-25)21-11-5-2-6-12-21)26(23-13-7-3-8-14-23)24-15-9-4-10-16-24/h2-20,26-27H. The molecule has 28 heavy (non-hydrogen) atoms. The molecule has 4 rings (SSSR count). The van der Waals surface area contributed by atoms with Gasteiger partial charge >= 0.3 is 0 Å². The zero-order valence-corrected chi connectivity index (χ0v) is 15.6. The highest BCUT2D eigenvalue weighted by molar-refractivity contribution is 5.63. The second-order valence-corrected chi connectivity index (χ2v) is 6.86. The highest BCUT2D eigenvalue weighted by atomic mass is 14.7. The van der Waals surface area contributed by atoms with Crippen LogP contribution in [0.2, 0.25) is 0 Å². The molecular weight excluding hydrogens is 338 g/mol. The molecule has 0 radical (unpaired) electrons. The van der Waals surface area contributed by atoms with Gasteiger partial charge in [-0.1, -0.05) is 115 Å². The van der Waals surface area contributed by atoms with Crippen molar-refractivity contribution in [3.8, 4) is 11.1 Å². The summed E-state index contributed by atoms with van der Waals surface area (Å²) in [5, 5.41) is 0. The van der Waals surface area contributed by atoms with E-state index >= 15 is 0 Å². The van der Waals surface area contributed by atoms with E-state index in [1.54, 1.807) is 0 Å². The third-order valence-electron chi connectivity index (χ3n) is 5.13. The smallest absolute Gasteiger partial charge is 0.259 e. The van der Waals surface area contributed by atoms with E-state index in [-0.39, 0.29) is 12.0 Å². The van der Waals surface area contributed by atoms with Gasteiger partial charge in [0.2, 0.25) is 0 Å². The van der Waals surface area contributed by atoms with Crippen LogP contribution in [0, 0.1) is 6.57 Å². The fourth-order valence-corrected chi connectivity index (χ4v) is 3.72. The van der Waals surface area contributed by atoms with Crippen LogP contribution >= 0.6 is 0 Å². The Bertz CT molecular complexity index is 1010. The molecule has 1 unspecified atom stereocenters. The van der Waals surface area contributed by atoms with Crippen LogP contribution < -0.4 is 0 Å². The molecule has 0 fully saturated rings. The number of hydrogen-bond acceptors (Lipinski definition) is 0. The number of rotatable bonds is 5. The van der Waals surface area contributed by atoms with E-state index in [2.05, 4.69) is 65.5 Å². The maximum absolute atomic E-state index is 7.97. The largest absolute Gasteiger partial charge is 0.307 e. The second-order valence-electron chi connectivity index (χ2n) is 6.86. The molecule has 1 nitrogen and oxygen atoms in total. The molecular formula is C27H21N. The van der Waals surface area contributed by atoms with Crippen LogP contribution in [0.15, 0.2) is 115 Å². The Hall–Kier alpha value is -3.63. The normalized spacial score (nSPS) is 11.7. The molecule has 0 saturated carbocycles. The average Bonchev–Trinajstić information content (AvgIpc) is 2.79. The van der Waals surface area contributed by atoms with Gasteiger partial charge in [0.15, 0.2) is 0 Å². The predicted molar refractivity (Wildman–Crippen MR) is 116 cm³/mol. The Labute approximate surface area is 166 Å². The SMILES string of the molecule is [C-]#[N+]C(c1ccc(-c2ccccc2)cc1)C(c1ccccc1)c1ccccc1. The Morgan fingerprint density at radius 3 is 1.36 bits per heavy atom. The maximum Gasteiger partial charge on any atom is 0.259 e. The molecule has 0 aliphatic carbocycles. The second kappa shape index (κ2) is 8.37. The van der Waals surface area contributed by atoms with Crippen LogP contribution in [0.4, 0.5) is 0 Å². The van der Waals surface area contributed by atoms with Gasteiger partial charge in [-0.25, -0.2) is 6.57 Å². The maximum atomic E-state index is 7.97. The monoisotopic (exact) mass is 359 g/mol. The van der Waals surface area contributed by atoms with Crippen LogP contribution in [-0.4, -0.2) is 0 Å². The van der Waals surface area contributed by atoms with Crippen LogP contribution in [0.25, 0.3) is 16.0 Å². The quantitative estimate of drug-likeness (QED) is 0.333. The summed E-state index contributed by atoms with van der Waals surface area (Å²) >= 11 is 0. The van der Waals surface area contributed by atoms with E-state index in [0.717, 1.165) is 5.56 Å². The van der Waals surface area contributed by atoms with Crippen molar-refractivity contribution >= 4 is 0 Å². The lowest BCUT2D eigenvalue weighted by molar-refractivity contribution is 0.711. The van der Waals surface area contributed by atoms with Gasteiger partial charge in [0, 0.05) is 5.56 Å². The zero-order valence-electron chi connectivity index (χ0n) is 15.6. The molecule has 4 aromatic carbocycles. The summed E-state index contributed by atoms with van der Waals surface area (Å²) in [7, 11) is 0. The molecule has 0 bridgehead atoms. The van der Waals surface area contributed by atoms with Crippen molar-refractivity contribution < 1.29 is 0 Å². The molecule has 0 saturated heterocycles. The molecule has 0 heterocycles. The Morgan fingerprint density at radius 2 is 0.893 bits per heavy atom. The molecule has 0 amide bonds. The number of benzene rings is 4. The summed E-state index contributed by atoms with van der Waals surface area (Å²) in [6.45, 7) is 7.97. The molecule has 0 N–H and O–H groups in total. The van der Waals surface area contributed by atoms with E-state index in [0.29, 0.717) is 0 Å². The third kappa shape index (κ3) is 3.72. The molecule has 0 aliphatic rings. The van der Waals surface area contributed by atoms with Crippen LogP contribution in [-0.2, 0) is 0 Å². The summed E-state index contributed by atoms with van der Waals surface area (Å²) in [5.41, 5.74) is 5.75. The summed E-state index contributed by atoms with van der Waals surface area (Å²) in [5.74, 6) is 0.00229. The van der Waals surface area contributed by atoms with Crippen molar-refractivity contribution in [2.24, 2.45) is 0 Å². The van der Waals surface area contributed by atoms with Crippen molar-refractivity contribution in [2.75, 3.05) is 0 Å². The molecule has 0 spiro atoms. The minimum atomic E-state index is -0.269. The van der Waals surface area contributed by atoms with Gasteiger partial charge in [-0.15, -0.1) is 0 Å². The van der Waals surface area contributed by atoms with Crippen molar-refractivity contribution in [1.82, 2.24) is 0 Å². The summed E-state index contributed by atoms with van der Waals surface area (Å²) in [6, 6.07) is 39.2. The number of nitrogens with zero attached hydrogens (tertiary/aromatic N) is 1. The van der Waals surface area contributed by atoms with Crippen molar-refractivity contribution in [2.45, 2.75) is 12.0 Å². The van der Waals surface area contributed by atoms with Crippen LogP contribution in [0.3, 0.4) is 0 Å². The van der Waals surface area contributed by atoms with Gasteiger partial charge in [0.25, 0.3) is 6.04 Å². The number of hydrogen-bond donors (Lipinski definition) is 0. The fraction of sp³-hybridized carbons (Fsp3) is 0.0741. The summed E-state index contributed by atoms with van der Waals surface area (Å²) in [4.78, 5) is 4.06. The van der Waals surface area contributed by atoms with Crippen LogP contribution in [0.1, 0.15) is 28.7 Å². The van der Waals surface area contributed by atoms with E-state index in [4.69, 9.17) is 6.57 Å². The summed E-state index contributed by atoms with van der Waals surface area (Å²) < 4.78 is 0. The minimum absolute atomic E-state index is 0.00229. The van der Waals surface area contributed by atoms with E-state index in [9.17, 15) is 0 Å². The highest BCUT2D eigenvalue weighted by Crippen LogP contribution is 2.39. The molecule has 0 aliphatic heterocycles. The first kappa shape index (κ1) is 17.8. The first-order valence-corrected chi connectivity index (χ1v) is 9.48. The van der Waals surface area contributed by atoms with E-state index in [1.165, 1.54) is 22.3 Å². The lowest BCUT2D eigenvalue weighted by Crippen LogP contribution is -2.10. The lowest BCUT2D eigenvalue weighted by Gasteiger charge is -2.20. The molecule has 4 aromatic rings. The van der Waals surface area contributed by atoms with Gasteiger partial charge in [0.05, 0.1) is 5.92 Å². The highest BCUT2D eigenvalue weighted by Gasteiger charge is 2.31. The molecule has 134 valence electrons. The van der Waals surface area contributed by atoms with Gasteiger partial charge < -0.3 is 4.85 Å². The van der Waals surface area contributed by atoms with Crippen molar-refractivity contribution in [3.05, 3.63) is 143 Å². The first-order chi connectivity index (χ1) is 13.9. The zero-order chi connectivity index (χ0) is 19.2. The van der Waals surface area contributed by atoms with Crippen molar-refractivity contribution in [1.29, 1.82) is 0 Å². The summed E-state index contributed by atoms with van der Waals surface area (Å²) in [6.07, 6.45) is 0. The molecule has 1 atom stereocenters. The predicted octanol–water partition coefficient (Wildman–Crippen LogP) is 7.15. The Balaban J connectivity index is 1.74. The minimum Gasteiger partial charge on any atom is -0.307 e. The van der Waals surface area contributed by atoms with Crippen molar-refractivity contribution in [3.63, 3.8) is 0 Å². The van der Waals surface area contributed by atoms with Gasteiger partial charge in [-0.2, -0.15) is 0 Å². The van der Waals surface area contributed by atoms with Gasteiger partial charge in [0.1, 0.15) is 0 Å². The lowest BCUT2D eigenvalue weighted by atomic mass is 9.82. The van der Waals surface area contributed by atoms with Crippen LogP contribution in [0.5, 0.6) is 0 Å². The Morgan fingerprint density at radius 1 is 0.464 bits per heavy atom. The van der Waals surface area contributed by atoms with Gasteiger partial charge in [-0.05, 0) is 22.3 Å².